The number of nitrogens with zero attached hydrogens (tertiary/aromatic N) is 1. The molecule has 0 spiro atoms. The molecular formula is C22H21N3O5S2. The molecule has 0 bridgehead atoms. The first-order chi connectivity index (χ1) is 15.2. The Labute approximate surface area is 187 Å². The lowest BCUT2D eigenvalue weighted by Crippen LogP contribution is -2.25. The van der Waals surface area contributed by atoms with E-state index in [9.17, 15) is 21.6 Å². The third kappa shape index (κ3) is 4.76. The highest BCUT2D eigenvalue weighted by atomic mass is 32.2. The summed E-state index contributed by atoms with van der Waals surface area (Å²) in [5.41, 5.74) is 1.79. The van der Waals surface area contributed by atoms with E-state index in [0.29, 0.717) is 30.0 Å². The number of para-hydroxylation sites is 1. The molecule has 8 nitrogen and oxygen atoms in total. The SMILES string of the molecule is O=C(Nc1ccc(N2CCCS2(=O)=O)cc1)c1ccc(S(=O)(=O)Nc2ccccc2)cc1. The van der Waals surface area contributed by atoms with Crippen molar-refractivity contribution >= 4 is 43.0 Å². The van der Waals surface area contributed by atoms with Gasteiger partial charge in [0.1, 0.15) is 0 Å². The Kier molecular flexibility index (Phi) is 5.90. The van der Waals surface area contributed by atoms with Crippen LogP contribution in [-0.2, 0) is 20.0 Å². The van der Waals surface area contributed by atoms with Gasteiger partial charge in [-0.25, -0.2) is 16.8 Å². The van der Waals surface area contributed by atoms with Crippen molar-refractivity contribution in [2.75, 3.05) is 26.6 Å². The van der Waals surface area contributed by atoms with Gasteiger partial charge in [0, 0.05) is 23.5 Å². The van der Waals surface area contributed by atoms with Crippen LogP contribution in [0.5, 0.6) is 0 Å². The monoisotopic (exact) mass is 471 g/mol. The quantitative estimate of drug-likeness (QED) is 0.573. The van der Waals surface area contributed by atoms with Crippen molar-refractivity contribution in [2.45, 2.75) is 11.3 Å². The summed E-state index contributed by atoms with van der Waals surface area (Å²) in [5, 5.41) is 2.72. The van der Waals surface area contributed by atoms with Crippen molar-refractivity contribution in [1.82, 2.24) is 0 Å². The Morgan fingerprint density at radius 1 is 0.844 bits per heavy atom. The molecule has 1 heterocycles. The number of nitrogens with one attached hydrogen (secondary N) is 2. The maximum Gasteiger partial charge on any atom is 0.261 e. The van der Waals surface area contributed by atoms with Crippen LogP contribution in [0.25, 0.3) is 0 Å². The summed E-state index contributed by atoms with van der Waals surface area (Å²) < 4.78 is 52.9. The molecule has 10 heteroatoms. The fourth-order valence-corrected chi connectivity index (χ4v) is 5.97. The van der Waals surface area contributed by atoms with Gasteiger partial charge in [0.05, 0.1) is 16.3 Å². The van der Waals surface area contributed by atoms with Crippen LogP contribution in [0.2, 0.25) is 0 Å². The Bertz CT molecular complexity index is 1320. The molecule has 1 amide bonds. The Morgan fingerprint density at radius 2 is 1.50 bits per heavy atom. The number of rotatable bonds is 6. The van der Waals surface area contributed by atoms with Crippen molar-refractivity contribution in [2.24, 2.45) is 0 Å². The van der Waals surface area contributed by atoms with Gasteiger partial charge in [-0.3, -0.25) is 13.8 Å². The average molecular weight is 472 g/mol. The Balaban J connectivity index is 1.43. The second-order valence-corrected chi connectivity index (χ2v) is 10.9. The standard InChI is InChI=1S/C22H21N3O5S2/c26-22(23-18-9-11-20(12-10-18)25-15-4-16-31(25,27)28)17-7-13-21(14-8-17)32(29,30)24-19-5-2-1-3-6-19/h1-3,5-14,24H,4,15-16H2,(H,23,26). The van der Waals surface area contributed by atoms with Gasteiger partial charge in [-0.05, 0) is 67.1 Å². The van der Waals surface area contributed by atoms with E-state index in [-0.39, 0.29) is 16.2 Å². The fraction of sp³-hybridized carbons (Fsp3) is 0.136. The van der Waals surface area contributed by atoms with Gasteiger partial charge in [-0.15, -0.1) is 0 Å². The molecule has 0 unspecified atom stereocenters. The van der Waals surface area contributed by atoms with E-state index >= 15 is 0 Å². The summed E-state index contributed by atoms with van der Waals surface area (Å²) in [6.45, 7) is 0.447. The molecule has 166 valence electrons. The first-order valence-corrected chi connectivity index (χ1v) is 12.9. The second-order valence-electron chi connectivity index (χ2n) is 7.24. The highest BCUT2D eigenvalue weighted by Crippen LogP contribution is 2.25. The van der Waals surface area contributed by atoms with Gasteiger partial charge in [-0.2, -0.15) is 0 Å². The van der Waals surface area contributed by atoms with Gasteiger partial charge in [0.15, 0.2) is 0 Å². The first kappa shape index (κ1) is 21.8. The van der Waals surface area contributed by atoms with Crippen LogP contribution >= 0.6 is 0 Å². The van der Waals surface area contributed by atoms with Crippen LogP contribution in [0.3, 0.4) is 0 Å². The maximum absolute atomic E-state index is 12.5. The van der Waals surface area contributed by atoms with Gasteiger partial charge < -0.3 is 5.32 Å². The molecule has 0 aliphatic carbocycles. The van der Waals surface area contributed by atoms with Crippen molar-refractivity contribution in [3.05, 3.63) is 84.4 Å². The summed E-state index contributed by atoms with van der Waals surface area (Å²) in [4.78, 5) is 12.6. The molecule has 0 saturated carbocycles. The number of amides is 1. The van der Waals surface area contributed by atoms with Crippen molar-refractivity contribution in [3.63, 3.8) is 0 Å². The number of sulfonamides is 2. The molecule has 1 aliphatic heterocycles. The van der Waals surface area contributed by atoms with E-state index in [0.717, 1.165) is 0 Å². The molecule has 0 radical (unpaired) electrons. The molecule has 32 heavy (non-hydrogen) atoms. The van der Waals surface area contributed by atoms with Crippen LogP contribution in [-0.4, -0.2) is 35.0 Å². The van der Waals surface area contributed by atoms with Crippen molar-refractivity contribution in [1.29, 1.82) is 0 Å². The summed E-state index contributed by atoms with van der Waals surface area (Å²) in [7, 11) is -7.04. The molecule has 0 aromatic heterocycles. The Hall–Kier alpha value is -3.37. The summed E-state index contributed by atoms with van der Waals surface area (Å²) >= 11 is 0. The molecule has 1 saturated heterocycles. The normalized spacial score (nSPS) is 15.3. The maximum atomic E-state index is 12.5. The van der Waals surface area contributed by atoms with Gasteiger partial charge >= 0.3 is 0 Å². The fourth-order valence-electron chi connectivity index (χ4n) is 3.35. The molecule has 0 atom stereocenters. The summed E-state index contributed by atoms with van der Waals surface area (Å²) in [5.74, 6) is -0.274. The smallest absolute Gasteiger partial charge is 0.261 e. The molecule has 2 N–H and O–H groups in total. The van der Waals surface area contributed by atoms with E-state index in [1.54, 1.807) is 54.6 Å². The second kappa shape index (κ2) is 8.64. The van der Waals surface area contributed by atoms with Gasteiger partial charge in [0.2, 0.25) is 10.0 Å². The largest absolute Gasteiger partial charge is 0.322 e. The zero-order valence-corrected chi connectivity index (χ0v) is 18.6. The number of hydrogen-bond acceptors (Lipinski definition) is 5. The first-order valence-electron chi connectivity index (χ1n) is 9.84. The zero-order chi connectivity index (χ0) is 22.8. The zero-order valence-electron chi connectivity index (χ0n) is 16.9. The lowest BCUT2D eigenvalue weighted by molar-refractivity contribution is 0.102. The highest BCUT2D eigenvalue weighted by molar-refractivity contribution is 7.93. The minimum atomic E-state index is -3.77. The third-order valence-corrected chi connectivity index (χ3v) is 8.23. The number of benzene rings is 3. The molecular weight excluding hydrogens is 450 g/mol. The van der Waals surface area contributed by atoms with Crippen molar-refractivity contribution < 1.29 is 21.6 Å². The molecule has 1 fully saturated rings. The minimum absolute atomic E-state index is 0.0362. The number of carbonyl (C=O) groups excluding carboxylic acids is 1. The Morgan fingerprint density at radius 3 is 2.09 bits per heavy atom. The van der Waals surface area contributed by atoms with Crippen LogP contribution in [0.15, 0.2) is 83.8 Å². The van der Waals surface area contributed by atoms with Gasteiger partial charge in [0.25, 0.3) is 15.9 Å². The number of carbonyl (C=O) groups is 1. The molecule has 4 rings (SSSR count). The van der Waals surface area contributed by atoms with Crippen LogP contribution in [0, 0.1) is 0 Å². The van der Waals surface area contributed by atoms with Crippen LogP contribution < -0.4 is 14.3 Å². The third-order valence-electron chi connectivity index (χ3n) is 4.97. The van der Waals surface area contributed by atoms with E-state index in [2.05, 4.69) is 10.0 Å². The predicted octanol–water partition coefficient (Wildman–Crippen LogP) is 3.28. The average Bonchev–Trinajstić information content (AvgIpc) is 3.14. The molecule has 3 aromatic carbocycles. The van der Waals surface area contributed by atoms with E-state index in [4.69, 9.17) is 0 Å². The van der Waals surface area contributed by atoms with E-state index in [1.165, 1.54) is 28.6 Å². The topological polar surface area (TPSA) is 113 Å². The van der Waals surface area contributed by atoms with E-state index < -0.39 is 26.0 Å². The van der Waals surface area contributed by atoms with Crippen LogP contribution in [0.1, 0.15) is 16.8 Å². The van der Waals surface area contributed by atoms with Crippen LogP contribution in [0.4, 0.5) is 17.1 Å². The molecule has 1 aliphatic rings. The lowest BCUT2D eigenvalue weighted by Gasteiger charge is -2.17. The predicted molar refractivity (Wildman–Crippen MR) is 124 cm³/mol. The highest BCUT2D eigenvalue weighted by Gasteiger charge is 2.28. The molecule has 3 aromatic rings. The van der Waals surface area contributed by atoms with Gasteiger partial charge in [-0.1, -0.05) is 18.2 Å². The number of hydrogen-bond donors (Lipinski definition) is 2. The van der Waals surface area contributed by atoms with Crippen molar-refractivity contribution in [3.8, 4) is 0 Å². The van der Waals surface area contributed by atoms with E-state index in [1.807, 2.05) is 0 Å². The summed E-state index contributed by atoms with van der Waals surface area (Å²) in [6.07, 6.45) is 0.591. The summed E-state index contributed by atoms with van der Waals surface area (Å²) in [6, 6.07) is 20.6. The lowest BCUT2D eigenvalue weighted by atomic mass is 10.2. The number of anilines is 3. The minimum Gasteiger partial charge on any atom is -0.322 e.